The fourth-order valence-corrected chi connectivity index (χ4v) is 4.66. The summed E-state index contributed by atoms with van der Waals surface area (Å²) in [6, 6.07) is 10.8. The van der Waals surface area contributed by atoms with Crippen LogP contribution in [0.5, 0.6) is 0 Å². The van der Waals surface area contributed by atoms with Gasteiger partial charge in [0.2, 0.25) is 15.9 Å². The van der Waals surface area contributed by atoms with Crippen molar-refractivity contribution in [3.05, 3.63) is 64.7 Å². The molecule has 10 heteroatoms. The molecule has 1 atom stereocenters. The number of benzene rings is 2. The number of carbonyl (C=O) groups excluding carboxylic acids is 1. The molecule has 2 rings (SSSR count). The molecule has 1 amide bonds. The monoisotopic (exact) mass is 476 g/mol. The number of carbonyl (C=O) groups is 1. The van der Waals surface area contributed by atoms with Gasteiger partial charge in [0.1, 0.15) is 6.04 Å². The van der Waals surface area contributed by atoms with Crippen molar-refractivity contribution in [1.82, 2.24) is 5.32 Å². The molecular formula is C21H24ClF3N2O3S. The summed E-state index contributed by atoms with van der Waals surface area (Å²) in [5, 5.41) is 2.23. The second-order valence-electron chi connectivity index (χ2n) is 7.93. The van der Waals surface area contributed by atoms with E-state index >= 15 is 0 Å². The molecule has 0 bridgehead atoms. The van der Waals surface area contributed by atoms with Crippen molar-refractivity contribution in [2.45, 2.75) is 44.9 Å². The molecule has 0 heterocycles. The molecule has 0 aliphatic rings. The smallest absolute Gasteiger partial charge is 0.349 e. The van der Waals surface area contributed by atoms with Gasteiger partial charge in [-0.15, -0.1) is 0 Å². The lowest BCUT2D eigenvalue weighted by Crippen LogP contribution is -2.54. The first kappa shape index (κ1) is 25.0. The minimum absolute atomic E-state index is 0.303. The summed E-state index contributed by atoms with van der Waals surface area (Å²) < 4.78 is 65.2. The van der Waals surface area contributed by atoms with Crippen molar-refractivity contribution in [3.8, 4) is 0 Å². The van der Waals surface area contributed by atoms with E-state index in [4.69, 9.17) is 11.6 Å². The van der Waals surface area contributed by atoms with E-state index < -0.39 is 44.3 Å². The zero-order valence-electron chi connectivity index (χ0n) is 17.5. The largest absolute Gasteiger partial charge is 0.417 e. The van der Waals surface area contributed by atoms with E-state index in [1.807, 2.05) is 30.3 Å². The van der Waals surface area contributed by atoms with Crippen LogP contribution < -0.4 is 9.62 Å². The number of hydrogen-bond acceptors (Lipinski definition) is 3. The topological polar surface area (TPSA) is 66.5 Å². The van der Waals surface area contributed by atoms with Gasteiger partial charge in [-0.1, -0.05) is 41.9 Å². The SMILES string of the molecule is CC(C(=O)NC(C)(C)Cc1ccccc1)N(c1ccc(Cl)c(C(F)(F)F)c1)S(C)(=O)=O. The van der Waals surface area contributed by atoms with Crippen molar-refractivity contribution >= 4 is 33.2 Å². The van der Waals surface area contributed by atoms with Crippen LogP contribution in [-0.2, 0) is 27.4 Å². The van der Waals surface area contributed by atoms with Gasteiger partial charge in [-0.3, -0.25) is 9.10 Å². The summed E-state index contributed by atoms with van der Waals surface area (Å²) in [5.74, 6) is -0.644. The first-order valence-electron chi connectivity index (χ1n) is 9.34. The molecule has 170 valence electrons. The van der Waals surface area contributed by atoms with Crippen LogP contribution in [-0.4, -0.2) is 32.2 Å². The van der Waals surface area contributed by atoms with Crippen molar-refractivity contribution in [3.63, 3.8) is 0 Å². The summed E-state index contributed by atoms with van der Waals surface area (Å²) in [5.41, 5.74) is -1.25. The second kappa shape index (κ2) is 9.08. The number of anilines is 1. The molecule has 0 aliphatic carbocycles. The summed E-state index contributed by atoms with van der Waals surface area (Å²) in [7, 11) is -4.09. The van der Waals surface area contributed by atoms with Crippen molar-refractivity contribution < 1.29 is 26.4 Å². The van der Waals surface area contributed by atoms with Crippen LogP contribution in [0.25, 0.3) is 0 Å². The Morgan fingerprint density at radius 2 is 1.71 bits per heavy atom. The Kier molecular flexibility index (Phi) is 7.32. The lowest BCUT2D eigenvalue weighted by atomic mass is 9.94. The first-order valence-corrected chi connectivity index (χ1v) is 11.6. The third kappa shape index (κ3) is 6.61. The van der Waals surface area contributed by atoms with E-state index in [2.05, 4.69) is 5.32 Å². The Bertz CT molecular complexity index is 1040. The van der Waals surface area contributed by atoms with Crippen LogP contribution >= 0.6 is 11.6 Å². The Labute approximate surface area is 185 Å². The van der Waals surface area contributed by atoms with E-state index in [0.717, 1.165) is 24.0 Å². The summed E-state index contributed by atoms with van der Waals surface area (Å²) in [6.07, 6.45) is -3.47. The predicted molar refractivity (Wildman–Crippen MR) is 116 cm³/mol. The van der Waals surface area contributed by atoms with Gasteiger partial charge in [0.25, 0.3) is 0 Å². The quantitative estimate of drug-likeness (QED) is 0.632. The number of hydrogen-bond donors (Lipinski definition) is 1. The Hall–Kier alpha value is -2.26. The fraction of sp³-hybridized carbons (Fsp3) is 0.381. The van der Waals surface area contributed by atoms with Crippen LogP contribution in [0.4, 0.5) is 18.9 Å². The van der Waals surface area contributed by atoms with Gasteiger partial charge >= 0.3 is 6.18 Å². The van der Waals surface area contributed by atoms with E-state index in [0.29, 0.717) is 16.8 Å². The molecule has 0 saturated carbocycles. The average Bonchev–Trinajstić information content (AvgIpc) is 2.61. The molecule has 0 aromatic heterocycles. The fourth-order valence-electron chi connectivity index (χ4n) is 3.26. The highest BCUT2D eigenvalue weighted by Crippen LogP contribution is 2.37. The summed E-state index contributed by atoms with van der Waals surface area (Å²) >= 11 is 5.64. The van der Waals surface area contributed by atoms with Gasteiger partial charge in [-0.25, -0.2) is 8.42 Å². The number of amides is 1. The van der Waals surface area contributed by atoms with Gasteiger partial charge in [-0.05, 0) is 51.0 Å². The molecule has 2 aromatic rings. The van der Waals surface area contributed by atoms with Gasteiger partial charge < -0.3 is 5.32 Å². The molecule has 1 unspecified atom stereocenters. The zero-order valence-corrected chi connectivity index (χ0v) is 19.1. The lowest BCUT2D eigenvalue weighted by molar-refractivity contribution is -0.137. The molecule has 2 aromatic carbocycles. The molecule has 31 heavy (non-hydrogen) atoms. The Morgan fingerprint density at radius 1 is 1.13 bits per heavy atom. The second-order valence-corrected chi connectivity index (χ2v) is 10.2. The summed E-state index contributed by atoms with van der Waals surface area (Å²) in [6.45, 7) is 4.87. The van der Waals surface area contributed by atoms with Crippen LogP contribution in [0.15, 0.2) is 48.5 Å². The molecule has 0 aliphatic heterocycles. The van der Waals surface area contributed by atoms with Crippen LogP contribution in [0, 0.1) is 0 Å². The molecule has 0 spiro atoms. The predicted octanol–water partition coefficient (Wildman–Crippen LogP) is 4.65. The van der Waals surface area contributed by atoms with Crippen LogP contribution in [0.1, 0.15) is 31.9 Å². The van der Waals surface area contributed by atoms with Crippen molar-refractivity contribution in [2.75, 3.05) is 10.6 Å². The maximum Gasteiger partial charge on any atom is 0.417 e. The Morgan fingerprint density at radius 3 is 2.23 bits per heavy atom. The highest BCUT2D eigenvalue weighted by atomic mass is 35.5. The first-order chi connectivity index (χ1) is 14.1. The normalized spacial score (nSPS) is 13.5. The molecule has 5 nitrogen and oxygen atoms in total. The molecule has 0 fully saturated rings. The molecular weight excluding hydrogens is 453 g/mol. The van der Waals surface area contributed by atoms with Crippen LogP contribution in [0.3, 0.4) is 0 Å². The Balaban J connectivity index is 2.34. The third-order valence-corrected chi connectivity index (χ3v) is 6.12. The van der Waals surface area contributed by atoms with E-state index in [-0.39, 0.29) is 5.69 Å². The molecule has 0 saturated heterocycles. The van der Waals surface area contributed by atoms with E-state index in [1.165, 1.54) is 6.92 Å². The standard InChI is InChI=1S/C21H24ClF3N2O3S/c1-14(19(28)26-20(2,3)13-15-8-6-5-7-9-15)27(31(4,29)30)16-10-11-18(22)17(12-16)21(23,24)25/h5-12,14H,13H2,1-4H3,(H,26,28). The van der Waals surface area contributed by atoms with Crippen LogP contribution in [0.2, 0.25) is 5.02 Å². The minimum Gasteiger partial charge on any atom is -0.349 e. The number of nitrogens with zero attached hydrogens (tertiary/aromatic N) is 1. The van der Waals surface area contributed by atoms with Gasteiger partial charge in [0.15, 0.2) is 0 Å². The van der Waals surface area contributed by atoms with E-state index in [9.17, 15) is 26.4 Å². The average molecular weight is 477 g/mol. The number of rotatable bonds is 7. The third-order valence-electron chi connectivity index (χ3n) is 4.55. The van der Waals surface area contributed by atoms with E-state index in [1.54, 1.807) is 13.8 Å². The lowest BCUT2D eigenvalue weighted by Gasteiger charge is -2.33. The highest BCUT2D eigenvalue weighted by molar-refractivity contribution is 7.92. The van der Waals surface area contributed by atoms with Gasteiger partial charge in [0, 0.05) is 5.54 Å². The zero-order chi connectivity index (χ0) is 23.6. The maximum atomic E-state index is 13.2. The molecule has 1 N–H and O–H groups in total. The van der Waals surface area contributed by atoms with Gasteiger partial charge in [-0.2, -0.15) is 13.2 Å². The minimum atomic E-state index is -4.78. The number of nitrogens with one attached hydrogen (secondary N) is 1. The highest BCUT2D eigenvalue weighted by Gasteiger charge is 2.37. The van der Waals surface area contributed by atoms with Crippen molar-refractivity contribution in [1.29, 1.82) is 0 Å². The summed E-state index contributed by atoms with van der Waals surface area (Å²) in [4.78, 5) is 12.9. The maximum absolute atomic E-state index is 13.2. The molecule has 0 radical (unpaired) electrons. The number of alkyl halides is 3. The number of halogens is 4. The van der Waals surface area contributed by atoms with Crippen molar-refractivity contribution in [2.24, 2.45) is 0 Å². The number of sulfonamides is 1. The van der Waals surface area contributed by atoms with Gasteiger partial charge in [0.05, 0.1) is 22.5 Å².